The number of nitrogens with two attached hydrogens (primary N) is 1. The summed E-state index contributed by atoms with van der Waals surface area (Å²) in [6.07, 6.45) is 0. The molecule has 0 aromatic heterocycles. The molecule has 4 N–H and O–H groups in total. The Morgan fingerprint density at radius 2 is 1.60 bits per heavy atom. The third-order valence-electron chi connectivity index (χ3n) is 4.54. The molecule has 1 heterocycles. The van der Waals surface area contributed by atoms with Crippen LogP contribution in [0.1, 0.15) is 17.0 Å². The van der Waals surface area contributed by atoms with Crippen molar-refractivity contribution < 1.29 is 4.79 Å². The third-order valence-corrected chi connectivity index (χ3v) is 4.54. The SMILES string of the molecule is Nc1ccc2c(c1)C(c1ccccc1)C(C(=O)Nc1ccccc1)N2. The lowest BCUT2D eigenvalue weighted by Gasteiger charge is -2.20. The Balaban J connectivity index is 1.70. The largest absolute Gasteiger partial charge is 0.399 e. The molecule has 2 atom stereocenters. The normalized spacial score (nSPS) is 18.2. The van der Waals surface area contributed by atoms with Gasteiger partial charge in [0.1, 0.15) is 6.04 Å². The van der Waals surface area contributed by atoms with E-state index in [4.69, 9.17) is 5.73 Å². The highest BCUT2D eigenvalue weighted by molar-refractivity contribution is 5.99. The Labute approximate surface area is 146 Å². The first kappa shape index (κ1) is 15.3. The Hall–Kier alpha value is -3.27. The molecule has 4 rings (SSSR count). The van der Waals surface area contributed by atoms with Crippen molar-refractivity contribution in [3.8, 4) is 0 Å². The van der Waals surface area contributed by atoms with E-state index in [0.717, 1.165) is 22.5 Å². The maximum atomic E-state index is 12.9. The first-order valence-corrected chi connectivity index (χ1v) is 8.29. The first-order chi connectivity index (χ1) is 12.2. The van der Waals surface area contributed by atoms with E-state index in [1.54, 1.807) is 0 Å². The second-order valence-electron chi connectivity index (χ2n) is 6.21. The Kier molecular flexibility index (Phi) is 3.86. The summed E-state index contributed by atoms with van der Waals surface area (Å²) in [7, 11) is 0. The van der Waals surface area contributed by atoms with E-state index in [2.05, 4.69) is 10.6 Å². The molecule has 0 bridgehead atoms. The Bertz CT molecular complexity index is 894. The molecular weight excluding hydrogens is 310 g/mol. The van der Waals surface area contributed by atoms with Crippen molar-refractivity contribution in [2.75, 3.05) is 16.4 Å². The molecule has 0 fully saturated rings. The van der Waals surface area contributed by atoms with Crippen LogP contribution in [0.4, 0.5) is 17.1 Å². The molecule has 3 aromatic rings. The predicted molar refractivity (Wildman–Crippen MR) is 102 cm³/mol. The van der Waals surface area contributed by atoms with Crippen LogP contribution >= 0.6 is 0 Å². The van der Waals surface area contributed by atoms with Crippen LogP contribution in [0.15, 0.2) is 78.9 Å². The maximum Gasteiger partial charge on any atom is 0.247 e. The fourth-order valence-corrected chi connectivity index (χ4v) is 3.39. The summed E-state index contributed by atoms with van der Waals surface area (Å²) >= 11 is 0. The van der Waals surface area contributed by atoms with Crippen LogP contribution in [-0.2, 0) is 4.79 Å². The molecule has 25 heavy (non-hydrogen) atoms. The van der Waals surface area contributed by atoms with E-state index in [9.17, 15) is 4.79 Å². The predicted octanol–water partition coefficient (Wildman–Crippen LogP) is 3.83. The van der Waals surface area contributed by atoms with Gasteiger partial charge in [-0.25, -0.2) is 0 Å². The quantitative estimate of drug-likeness (QED) is 0.640. The number of amides is 1. The van der Waals surface area contributed by atoms with Gasteiger partial charge >= 0.3 is 0 Å². The highest BCUT2D eigenvalue weighted by Crippen LogP contribution is 2.41. The van der Waals surface area contributed by atoms with Crippen LogP contribution in [0.3, 0.4) is 0 Å². The molecule has 3 aromatic carbocycles. The number of carbonyl (C=O) groups is 1. The summed E-state index contributed by atoms with van der Waals surface area (Å²) in [5.41, 5.74) is 10.6. The molecule has 4 heteroatoms. The molecule has 1 amide bonds. The van der Waals surface area contributed by atoms with E-state index < -0.39 is 0 Å². The van der Waals surface area contributed by atoms with Gasteiger partial charge in [0.05, 0.1) is 0 Å². The second-order valence-corrected chi connectivity index (χ2v) is 6.21. The zero-order valence-electron chi connectivity index (χ0n) is 13.6. The molecule has 0 saturated carbocycles. The van der Waals surface area contributed by atoms with Gasteiger partial charge < -0.3 is 16.4 Å². The van der Waals surface area contributed by atoms with Crippen molar-refractivity contribution in [3.63, 3.8) is 0 Å². The van der Waals surface area contributed by atoms with Crippen molar-refractivity contribution in [3.05, 3.63) is 90.0 Å². The Morgan fingerprint density at radius 1 is 0.920 bits per heavy atom. The van der Waals surface area contributed by atoms with Crippen molar-refractivity contribution >= 4 is 23.0 Å². The molecule has 0 aliphatic carbocycles. The van der Waals surface area contributed by atoms with Gasteiger partial charge in [0.2, 0.25) is 5.91 Å². The van der Waals surface area contributed by atoms with Crippen LogP contribution in [-0.4, -0.2) is 11.9 Å². The highest BCUT2D eigenvalue weighted by Gasteiger charge is 2.38. The highest BCUT2D eigenvalue weighted by atomic mass is 16.2. The van der Waals surface area contributed by atoms with Crippen LogP contribution in [0.2, 0.25) is 0 Å². The van der Waals surface area contributed by atoms with Crippen molar-refractivity contribution in [2.24, 2.45) is 0 Å². The van der Waals surface area contributed by atoms with Crippen molar-refractivity contribution in [2.45, 2.75) is 12.0 Å². The number of nitrogen functional groups attached to an aromatic ring is 1. The summed E-state index contributed by atoms with van der Waals surface area (Å²) < 4.78 is 0. The van der Waals surface area contributed by atoms with E-state index in [-0.39, 0.29) is 17.9 Å². The Morgan fingerprint density at radius 3 is 2.32 bits per heavy atom. The molecule has 4 nitrogen and oxygen atoms in total. The van der Waals surface area contributed by atoms with Crippen LogP contribution in [0, 0.1) is 0 Å². The van der Waals surface area contributed by atoms with Crippen molar-refractivity contribution in [1.29, 1.82) is 0 Å². The van der Waals surface area contributed by atoms with Gasteiger partial charge in [0.15, 0.2) is 0 Å². The minimum absolute atomic E-state index is 0.0603. The smallest absolute Gasteiger partial charge is 0.247 e. The molecule has 2 unspecified atom stereocenters. The van der Waals surface area contributed by atoms with E-state index >= 15 is 0 Å². The standard InChI is InChI=1S/C21H19N3O/c22-15-11-12-18-17(13-15)19(14-7-3-1-4-8-14)20(24-18)21(25)23-16-9-5-2-6-10-16/h1-13,19-20,24H,22H2,(H,23,25). The zero-order chi connectivity index (χ0) is 17.2. The van der Waals surface area contributed by atoms with Gasteiger partial charge in [0, 0.05) is 23.0 Å². The third kappa shape index (κ3) is 2.94. The number of hydrogen-bond donors (Lipinski definition) is 3. The molecule has 124 valence electrons. The zero-order valence-corrected chi connectivity index (χ0v) is 13.6. The lowest BCUT2D eigenvalue weighted by atomic mass is 9.87. The van der Waals surface area contributed by atoms with Crippen LogP contribution < -0.4 is 16.4 Å². The van der Waals surface area contributed by atoms with Gasteiger partial charge in [0.25, 0.3) is 0 Å². The summed E-state index contributed by atoms with van der Waals surface area (Å²) in [4.78, 5) is 12.9. The summed E-state index contributed by atoms with van der Waals surface area (Å²) in [6.45, 7) is 0. The number of carbonyl (C=O) groups excluding carboxylic acids is 1. The van der Waals surface area contributed by atoms with Crippen LogP contribution in [0.25, 0.3) is 0 Å². The molecular formula is C21H19N3O. The molecule has 0 saturated heterocycles. The second kappa shape index (κ2) is 6.32. The molecule has 1 aliphatic heterocycles. The lowest BCUT2D eigenvalue weighted by Crippen LogP contribution is -2.36. The molecule has 0 radical (unpaired) electrons. The average Bonchev–Trinajstić information content (AvgIpc) is 3.02. The minimum Gasteiger partial charge on any atom is -0.399 e. The summed E-state index contributed by atoms with van der Waals surface area (Å²) in [6, 6.07) is 24.9. The van der Waals surface area contributed by atoms with Crippen LogP contribution in [0.5, 0.6) is 0 Å². The lowest BCUT2D eigenvalue weighted by molar-refractivity contribution is -0.117. The number of anilines is 3. The van der Waals surface area contributed by atoms with E-state index in [1.165, 1.54) is 0 Å². The van der Waals surface area contributed by atoms with Gasteiger partial charge in [-0.3, -0.25) is 4.79 Å². The first-order valence-electron chi connectivity index (χ1n) is 8.29. The van der Waals surface area contributed by atoms with Gasteiger partial charge in [-0.2, -0.15) is 0 Å². The van der Waals surface area contributed by atoms with E-state index in [1.807, 2.05) is 78.9 Å². The number of nitrogens with one attached hydrogen (secondary N) is 2. The van der Waals surface area contributed by atoms with E-state index in [0.29, 0.717) is 5.69 Å². The number of fused-ring (bicyclic) bond motifs is 1. The maximum absolute atomic E-state index is 12.9. The number of para-hydroxylation sites is 1. The molecule has 1 aliphatic rings. The van der Waals surface area contributed by atoms with Gasteiger partial charge in [-0.15, -0.1) is 0 Å². The monoisotopic (exact) mass is 329 g/mol. The number of hydrogen-bond acceptors (Lipinski definition) is 3. The van der Waals surface area contributed by atoms with Crippen molar-refractivity contribution in [1.82, 2.24) is 0 Å². The average molecular weight is 329 g/mol. The number of benzene rings is 3. The topological polar surface area (TPSA) is 67.2 Å². The number of rotatable bonds is 3. The summed E-state index contributed by atoms with van der Waals surface area (Å²) in [5, 5.41) is 6.36. The fraction of sp³-hybridized carbons (Fsp3) is 0.0952. The minimum atomic E-state index is -0.389. The summed E-state index contributed by atoms with van der Waals surface area (Å²) in [5.74, 6) is -0.141. The molecule has 0 spiro atoms. The van der Waals surface area contributed by atoms with Gasteiger partial charge in [-0.1, -0.05) is 48.5 Å². The fourth-order valence-electron chi connectivity index (χ4n) is 3.39. The van der Waals surface area contributed by atoms with Gasteiger partial charge in [-0.05, 0) is 41.5 Å².